The average molecular weight is 411 g/mol. The van der Waals surface area contributed by atoms with E-state index in [9.17, 15) is 14.9 Å². The lowest BCUT2D eigenvalue weighted by atomic mass is 10.1. The molecule has 158 valence electrons. The van der Waals surface area contributed by atoms with Gasteiger partial charge >= 0.3 is 0 Å². The Kier molecular flexibility index (Phi) is 5.85. The quantitative estimate of drug-likeness (QED) is 0.510. The van der Waals surface area contributed by atoms with Gasteiger partial charge in [0, 0.05) is 37.5 Å². The van der Waals surface area contributed by atoms with Crippen molar-refractivity contribution in [3.05, 3.63) is 58.1 Å². The van der Waals surface area contributed by atoms with Crippen LogP contribution in [0.2, 0.25) is 0 Å². The van der Waals surface area contributed by atoms with E-state index in [0.717, 1.165) is 29.9 Å². The van der Waals surface area contributed by atoms with Crippen molar-refractivity contribution in [3.8, 4) is 11.5 Å². The molecule has 4 rings (SSSR count). The second-order valence-corrected chi connectivity index (χ2v) is 7.76. The van der Waals surface area contributed by atoms with E-state index in [-0.39, 0.29) is 24.9 Å². The minimum absolute atomic E-state index is 0.00925. The van der Waals surface area contributed by atoms with Crippen molar-refractivity contribution in [1.82, 2.24) is 4.90 Å². The van der Waals surface area contributed by atoms with Crippen LogP contribution in [0.4, 0.5) is 11.4 Å². The van der Waals surface area contributed by atoms with Crippen molar-refractivity contribution in [2.45, 2.75) is 38.3 Å². The Balaban J connectivity index is 1.47. The van der Waals surface area contributed by atoms with E-state index < -0.39 is 4.92 Å². The van der Waals surface area contributed by atoms with E-state index in [1.54, 1.807) is 24.1 Å². The van der Waals surface area contributed by atoms with Crippen LogP contribution >= 0.6 is 0 Å². The molecule has 2 aromatic rings. The summed E-state index contributed by atoms with van der Waals surface area (Å²) in [5.41, 5.74) is 1.73. The lowest BCUT2D eigenvalue weighted by molar-refractivity contribution is -0.384. The summed E-state index contributed by atoms with van der Waals surface area (Å²) in [5, 5.41) is 10.9. The van der Waals surface area contributed by atoms with Gasteiger partial charge in [0.15, 0.2) is 11.5 Å². The zero-order valence-electron chi connectivity index (χ0n) is 17.0. The molecule has 1 heterocycles. The third kappa shape index (κ3) is 4.38. The summed E-state index contributed by atoms with van der Waals surface area (Å²) < 4.78 is 10.9. The first kappa shape index (κ1) is 20.2. The smallest absolute Gasteiger partial charge is 0.269 e. The minimum atomic E-state index is -0.446. The molecule has 2 aliphatic rings. The van der Waals surface area contributed by atoms with Crippen molar-refractivity contribution in [2.75, 3.05) is 25.3 Å². The summed E-state index contributed by atoms with van der Waals surface area (Å²) in [6.07, 6.45) is 4.52. The molecule has 1 aliphatic heterocycles. The Morgan fingerprint density at radius 1 is 1.10 bits per heavy atom. The highest BCUT2D eigenvalue weighted by Gasteiger charge is 2.26. The molecule has 0 unspecified atom stereocenters. The second-order valence-electron chi connectivity index (χ2n) is 7.76. The van der Waals surface area contributed by atoms with Crippen molar-refractivity contribution in [1.29, 1.82) is 0 Å². The maximum absolute atomic E-state index is 13.0. The molecule has 1 saturated carbocycles. The number of hydrogen-bond donors (Lipinski definition) is 0. The Hall–Kier alpha value is -3.13. The van der Waals surface area contributed by atoms with Gasteiger partial charge in [0.1, 0.15) is 0 Å². The summed E-state index contributed by atoms with van der Waals surface area (Å²) in [7, 11) is 1.71. The molecule has 0 radical (unpaired) electrons. The van der Waals surface area contributed by atoms with Gasteiger partial charge < -0.3 is 14.4 Å². The van der Waals surface area contributed by atoms with Gasteiger partial charge in [-0.25, -0.2) is 0 Å². The summed E-state index contributed by atoms with van der Waals surface area (Å²) in [4.78, 5) is 27.2. The molecule has 0 atom stereocenters. The number of nitrogens with zero attached hydrogens (tertiary/aromatic N) is 3. The molecule has 0 N–H and O–H groups in total. The fourth-order valence-corrected chi connectivity index (χ4v) is 4.08. The number of anilines is 1. The van der Waals surface area contributed by atoms with Crippen LogP contribution in [-0.4, -0.2) is 42.2 Å². The number of likely N-dealkylation sites (N-methyl/N-ethyl adjacent to an activating group) is 1. The maximum atomic E-state index is 13.0. The monoisotopic (exact) mass is 411 g/mol. The van der Waals surface area contributed by atoms with Gasteiger partial charge in [0.05, 0.1) is 11.5 Å². The molecule has 1 fully saturated rings. The lowest BCUT2D eigenvalue weighted by Crippen LogP contribution is -2.42. The molecule has 8 heteroatoms. The van der Waals surface area contributed by atoms with Gasteiger partial charge in [-0.1, -0.05) is 18.9 Å². The Labute approximate surface area is 175 Å². The van der Waals surface area contributed by atoms with Crippen molar-refractivity contribution < 1.29 is 19.2 Å². The van der Waals surface area contributed by atoms with Crippen LogP contribution in [-0.2, 0) is 11.3 Å². The number of benzene rings is 2. The number of ether oxygens (including phenoxy) is 2. The topological polar surface area (TPSA) is 85.2 Å². The van der Waals surface area contributed by atoms with Gasteiger partial charge in [0.2, 0.25) is 12.7 Å². The lowest BCUT2D eigenvalue weighted by Gasteiger charge is -2.30. The fraction of sp³-hybridized carbons (Fsp3) is 0.409. The number of carbonyl (C=O) groups is 1. The first-order valence-corrected chi connectivity index (χ1v) is 10.1. The molecular formula is C22H25N3O5. The van der Waals surface area contributed by atoms with Gasteiger partial charge in [-0.15, -0.1) is 0 Å². The maximum Gasteiger partial charge on any atom is 0.269 e. The number of rotatable bonds is 7. The number of nitro groups is 1. The largest absolute Gasteiger partial charge is 0.454 e. The standard InChI is InChI=1S/C22H25N3O5/c1-23(17-7-9-19(10-8-17)25(27)28)22(26)14-24(18-4-2-3-5-18)13-16-6-11-20-21(12-16)30-15-29-20/h6-12,18H,2-5,13-15H2,1H3. The number of amides is 1. The van der Waals surface area contributed by atoms with E-state index in [2.05, 4.69) is 4.90 Å². The molecule has 0 aromatic heterocycles. The van der Waals surface area contributed by atoms with Crippen LogP contribution in [0.1, 0.15) is 31.2 Å². The molecule has 0 spiro atoms. The zero-order valence-corrected chi connectivity index (χ0v) is 17.0. The van der Waals surface area contributed by atoms with Crippen LogP contribution in [0.5, 0.6) is 11.5 Å². The van der Waals surface area contributed by atoms with Crippen molar-refractivity contribution in [2.24, 2.45) is 0 Å². The highest BCUT2D eigenvalue weighted by molar-refractivity contribution is 5.94. The molecule has 1 aliphatic carbocycles. The van der Waals surface area contributed by atoms with Crippen LogP contribution in [0.3, 0.4) is 0 Å². The highest BCUT2D eigenvalue weighted by atomic mass is 16.7. The van der Waals surface area contributed by atoms with Crippen LogP contribution < -0.4 is 14.4 Å². The van der Waals surface area contributed by atoms with Crippen LogP contribution in [0, 0.1) is 10.1 Å². The van der Waals surface area contributed by atoms with Gasteiger partial charge in [-0.3, -0.25) is 19.8 Å². The normalized spacial score (nSPS) is 15.5. The predicted octanol–water partition coefficient (Wildman–Crippen LogP) is 3.73. The molecule has 8 nitrogen and oxygen atoms in total. The Bertz CT molecular complexity index is 925. The molecule has 1 amide bonds. The average Bonchev–Trinajstić information content (AvgIpc) is 3.44. The zero-order chi connectivity index (χ0) is 21.1. The van der Waals surface area contributed by atoms with Gasteiger partial charge in [0.25, 0.3) is 5.69 Å². The Morgan fingerprint density at radius 3 is 2.50 bits per heavy atom. The van der Waals surface area contributed by atoms with Gasteiger partial charge in [-0.2, -0.15) is 0 Å². The first-order chi connectivity index (χ1) is 14.5. The molecule has 30 heavy (non-hydrogen) atoms. The number of carbonyl (C=O) groups excluding carboxylic acids is 1. The number of nitro benzene ring substituents is 1. The van der Waals surface area contributed by atoms with Crippen LogP contribution in [0.25, 0.3) is 0 Å². The highest BCUT2D eigenvalue weighted by Crippen LogP contribution is 2.33. The predicted molar refractivity (Wildman–Crippen MR) is 112 cm³/mol. The van der Waals surface area contributed by atoms with Crippen LogP contribution in [0.15, 0.2) is 42.5 Å². The van der Waals surface area contributed by atoms with E-state index in [1.165, 1.54) is 25.0 Å². The Morgan fingerprint density at radius 2 is 1.80 bits per heavy atom. The van der Waals surface area contributed by atoms with E-state index in [4.69, 9.17) is 9.47 Å². The summed E-state index contributed by atoms with van der Waals surface area (Å²) in [6.45, 7) is 1.18. The van der Waals surface area contributed by atoms with Crippen molar-refractivity contribution >= 4 is 17.3 Å². The summed E-state index contributed by atoms with van der Waals surface area (Å²) in [6, 6.07) is 12.3. The van der Waals surface area contributed by atoms with E-state index >= 15 is 0 Å². The molecular weight excluding hydrogens is 386 g/mol. The van der Waals surface area contributed by atoms with E-state index in [1.807, 2.05) is 18.2 Å². The number of hydrogen-bond acceptors (Lipinski definition) is 6. The van der Waals surface area contributed by atoms with Crippen molar-refractivity contribution in [3.63, 3.8) is 0 Å². The minimum Gasteiger partial charge on any atom is -0.454 e. The number of non-ortho nitro benzene ring substituents is 1. The molecule has 0 saturated heterocycles. The third-order valence-corrected chi connectivity index (χ3v) is 5.82. The summed E-state index contributed by atoms with van der Waals surface area (Å²) >= 11 is 0. The van der Waals surface area contributed by atoms with Gasteiger partial charge in [-0.05, 0) is 42.7 Å². The summed E-state index contributed by atoms with van der Waals surface area (Å²) in [5.74, 6) is 1.45. The second kappa shape index (κ2) is 8.71. The SMILES string of the molecule is CN(C(=O)CN(Cc1ccc2c(c1)OCO2)C1CCCC1)c1ccc([N+](=O)[O-])cc1. The fourth-order valence-electron chi connectivity index (χ4n) is 4.08. The third-order valence-electron chi connectivity index (χ3n) is 5.82. The molecule has 2 aromatic carbocycles. The van der Waals surface area contributed by atoms with E-state index in [0.29, 0.717) is 18.3 Å². The first-order valence-electron chi connectivity index (χ1n) is 10.1. The number of fused-ring (bicyclic) bond motifs is 1. The molecule has 0 bridgehead atoms.